The zero-order chi connectivity index (χ0) is 24.2. The van der Waals surface area contributed by atoms with E-state index in [4.69, 9.17) is 4.74 Å². The predicted molar refractivity (Wildman–Crippen MR) is 130 cm³/mol. The minimum Gasteiger partial charge on any atom is -0.493 e. The van der Waals surface area contributed by atoms with Gasteiger partial charge in [-0.15, -0.1) is 0 Å². The number of carboxylic acid groups (broad SMARTS) is 1. The second kappa shape index (κ2) is 8.54. The van der Waals surface area contributed by atoms with E-state index in [0.29, 0.717) is 18.9 Å². The summed E-state index contributed by atoms with van der Waals surface area (Å²) in [5.41, 5.74) is 2.52. The Morgan fingerprint density at radius 3 is 2.44 bits per heavy atom. The summed E-state index contributed by atoms with van der Waals surface area (Å²) in [6, 6.07) is 1.89. The molecule has 1 aromatic carbocycles. The van der Waals surface area contributed by atoms with E-state index in [2.05, 4.69) is 26.8 Å². The van der Waals surface area contributed by atoms with E-state index in [9.17, 15) is 14.7 Å². The monoisotopic (exact) mass is 467 g/mol. The number of carbonyl (C=O) groups is 1. The minimum absolute atomic E-state index is 0.180. The zero-order valence-corrected chi connectivity index (χ0v) is 20.4. The average Bonchev–Trinajstić information content (AvgIpc) is 3.24. The van der Waals surface area contributed by atoms with Crippen molar-refractivity contribution in [1.29, 1.82) is 0 Å². The number of halogens is 1. The molecule has 3 aliphatic rings. The highest BCUT2D eigenvalue weighted by Crippen LogP contribution is 2.50. The van der Waals surface area contributed by atoms with Crippen molar-refractivity contribution in [1.82, 2.24) is 4.57 Å². The summed E-state index contributed by atoms with van der Waals surface area (Å²) in [6.45, 7) is 6.84. The highest BCUT2D eigenvalue weighted by atomic mass is 19.1. The molecule has 6 heteroatoms. The van der Waals surface area contributed by atoms with Crippen molar-refractivity contribution in [3.05, 3.63) is 50.6 Å². The molecule has 5 nitrogen and oxygen atoms in total. The first-order chi connectivity index (χ1) is 16.2. The van der Waals surface area contributed by atoms with Crippen LogP contribution in [0.4, 0.5) is 4.39 Å². The number of hydrogen-bond donors (Lipinski definition) is 1. The zero-order valence-electron chi connectivity index (χ0n) is 20.4. The van der Waals surface area contributed by atoms with Crippen LogP contribution in [0.15, 0.2) is 17.1 Å². The molecule has 0 unspecified atom stereocenters. The summed E-state index contributed by atoms with van der Waals surface area (Å²) in [5.74, 6) is -1.01. The Morgan fingerprint density at radius 1 is 1.12 bits per heavy atom. The fraction of sp³-hybridized carbons (Fsp3) is 0.571. The first-order valence-electron chi connectivity index (χ1n) is 12.7. The molecule has 0 saturated heterocycles. The molecule has 2 aromatic rings. The molecule has 1 atom stereocenters. The van der Waals surface area contributed by atoms with Crippen LogP contribution in [-0.4, -0.2) is 22.2 Å². The van der Waals surface area contributed by atoms with Crippen LogP contribution in [-0.2, 0) is 12.8 Å². The lowest BCUT2D eigenvalue weighted by Crippen LogP contribution is -2.35. The van der Waals surface area contributed by atoms with Gasteiger partial charge in [0.2, 0.25) is 5.43 Å². The summed E-state index contributed by atoms with van der Waals surface area (Å²) >= 11 is 0. The first-order valence-corrected chi connectivity index (χ1v) is 12.7. The fourth-order valence-corrected chi connectivity index (χ4v) is 6.26. The van der Waals surface area contributed by atoms with Gasteiger partial charge < -0.3 is 14.4 Å². The normalized spacial score (nSPS) is 20.5. The number of nitrogens with zero attached hydrogens (tertiary/aromatic N) is 1. The van der Waals surface area contributed by atoms with Gasteiger partial charge in [0.1, 0.15) is 11.3 Å². The molecule has 1 N–H and O–H groups in total. The molecule has 1 saturated carbocycles. The number of ether oxygens (including phenoxy) is 1. The molecule has 2 aliphatic heterocycles. The number of pyridine rings is 1. The van der Waals surface area contributed by atoms with Crippen LogP contribution in [0.1, 0.15) is 105 Å². The van der Waals surface area contributed by atoms with Gasteiger partial charge >= 0.3 is 5.97 Å². The maximum atomic E-state index is 15.8. The summed E-state index contributed by atoms with van der Waals surface area (Å²) in [6.07, 6.45) is 11.1. The van der Waals surface area contributed by atoms with E-state index >= 15 is 4.39 Å². The topological polar surface area (TPSA) is 68.5 Å². The highest BCUT2D eigenvalue weighted by molar-refractivity contribution is 5.88. The number of hydrogen-bond acceptors (Lipinski definition) is 3. The molecule has 0 bridgehead atoms. The number of fused-ring (bicyclic) bond motifs is 5. The fourth-order valence-electron chi connectivity index (χ4n) is 6.26. The average molecular weight is 468 g/mol. The van der Waals surface area contributed by atoms with Gasteiger partial charge in [-0.1, -0.05) is 52.9 Å². The van der Waals surface area contributed by atoms with Crippen molar-refractivity contribution in [2.24, 2.45) is 5.41 Å². The molecule has 0 spiro atoms. The van der Waals surface area contributed by atoms with Gasteiger partial charge in [0.05, 0.1) is 12.3 Å². The van der Waals surface area contributed by atoms with Crippen LogP contribution >= 0.6 is 0 Å². The molecular formula is C28H34FNO4. The van der Waals surface area contributed by atoms with Crippen LogP contribution < -0.4 is 10.2 Å². The minimum atomic E-state index is -1.39. The van der Waals surface area contributed by atoms with Gasteiger partial charge in [-0.2, -0.15) is 0 Å². The summed E-state index contributed by atoms with van der Waals surface area (Å²) < 4.78 is 23.7. The lowest BCUT2D eigenvalue weighted by atomic mass is 9.75. The Labute approximate surface area is 200 Å². The number of carboxylic acids is 1. The molecule has 0 amide bonds. The number of aromatic carboxylic acids is 1. The van der Waals surface area contributed by atoms with Crippen LogP contribution in [0.5, 0.6) is 5.75 Å². The van der Waals surface area contributed by atoms with Crippen LogP contribution in [0, 0.1) is 11.2 Å². The maximum Gasteiger partial charge on any atom is 0.341 e. The quantitative estimate of drug-likeness (QED) is 0.566. The standard InChI is InChI=1S/C28H34FNO4/c1-28(2,3)22-14-19-17-11-12-34-26(17)18(16-9-7-5-4-6-8-10-16)13-20(19)24-23(29)25(31)21(27(32)33)15-30(22)24/h13,15-16,22H,4-12,14H2,1-3H3,(H,32,33)/t22-/m0/s1. The Kier molecular flexibility index (Phi) is 5.81. The van der Waals surface area contributed by atoms with Crippen molar-refractivity contribution < 1.29 is 19.0 Å². The van der Waals surface area contributed by atoms with Crippen molar-refractivity contribution >= 4 is 5.97 Å². The molecule has 1 fully saturated rings. The third kappa shape index (κ3) is 3.75. The molecule has 1 aromatic heterocycles. The predicted octanol–water partition coefficient (Wildman–Crippen LogP) is 6.26. The second-order valence-corrected chi connectivity index (χ2v) is 11.3. The maximum absolute atomic E-state index is 15.8. The van der Waals surface area contributed by atoms with Crippen molar-refractivity contribution in [3.63, 3.8) is 0 Å². The smallest absolute Gasteiger partial charge is 0.341 e. The molecular weight excluding hydrogens is 433 g/mol. The van der Waals surface area contributed by atoms with E-state index in [1.54, 1.807) is 4.57 Å². The Hall–Kier alpha value is -2.63. The molecule has 3 heterocycles. The molecule has 182 valence electrons. The van der Waals surface area contributed by atoms with Gasteiger partial charge in [0.15, 0.2) is 5.82 Å². The molecule has 5 rings (SSSR count). The van der Waals surface area contributed by atoms with Crippen LogP contribution in [0.2, 0.25) is 0 Å². The lowest BCUT2D eigenvalue weighted by molar-refractivity contribution is 0.0692. The van der Waals surface area contributed by atoms with Gasteiger partial charge in [0, 0.05) is 29.8 Å². The Bertz CT molecular complexity index is 1200. The SMILES string of the molecule is CC(C)(C)[C@@H]1Cc2c(cc(C3CCCCCCC3)c3c2CCO3)-c2c(F)c(=O)c(C(=O)O)cn21. The van der Waals surface area contributed by atoms with Crippen LogP contribution in [0.25, 0.3) is 11.3 Å². The van der Waals surface area contributed by atoms with E-state index < -0.39 is 22.8 Å². The van der Waals surface area contributed by atoms with Crippen LogP contribution in [0.3, 0.4) is 0 Å². The summed E-state index contributed by atoms with van der Waals surface area (Å²) in [4.78, 5) is 24.5. The third-order valence-corrected chi connectivity index (χ3v) is 8.07. The van der Waals surface area contributed by atoms with E-state index in [-0.39, 0.29) is 17.2 Å². The number of aromatic nitrogens is 1. The van der Waals surface area contributed by atoms with Crippen molar-refractivity contribution in [3.8, 4) is 17.0 Å². The van der Waals surface area contributed by atoms with Gasteiger partial charge in [-0.05, 0) is 47.8 Å². The van der Waals surface area contributed by atoms with E-state index in [0.717, 1.165) is 47.3 Å². The molecule has 1 aliphatic carbocycles. The lowest BCUT2D eigenvalue weighted by Gasteiger charge is -2.40. The van der Waals surface area contributed by atoms with E-state index in [1.165, 1.54) is 38.3 Å². The number of benzene rings is 1. The van der Waals surface area contributed by atoms with Gasteiger partial charge in [-0.25, -0.2) is 9.18 Å². The first kappa shape index (κ1) is 23.1. The van der Waals surface area contributed by atoms with Crippen molar-refractivity contribution in [2.75, 3.05) is 6.61 Å². The number of rotatable bonds is 2. The molecule has 34 heavy (non-hydrogen) atoms. The second-order valence-electron chi connectivity index (χ2n) is 11.3. The Morgan fingerprint density at radius 2 is 1.79 bits per heavy atom. The van der Waals surface area contributed by atoms with E-state index in [1.807, 2.05) is 0 Å². The highest BCUT2D eigenvalue weighted by Gasteiger charge is 2.39. The third-order valence-electron chi connectivity index (χ3n) is 8.07. The summed E-state index contributed by atoms with van der Waals surface area (Å²) in [5, 5.41) is 9.57. The van der Waals surface area contributed by atoms with Gasteiger partial charge in [-0.3, -0.25) is 4.79 Å². The van der Waals surface area contributed by atoms with Gasteiger partial charge in [0.25, 0.3) is 0 Å². The Balaban J connectivity index is 1.77. The molecule has 0 radical (unpaired) electrons. The van der Waals surface area contributed by atoms with Crippen molar-refractivity contribution in [2.45, 2.75) is 90.5 Å². The summed E-state index contributed by atoms with van der Waals surface area (Å²) in [7, 11) is 0. The largest absolute Gasteiger partial charge is 0.493 e.